The van der Waals surface area contributed by atoms with Gasteiger partial charge in [-0.3, -0.25) is 9.69 Å². The van der Waals surface area contributed by atoms with Crippen molar-refractivity contribution in [1.29, 1.82) is 0 Å². The number of amides is 1. The summed E-state index contributed by atoms with van der Waals surface area (Å²) in [5, 5.41) is 10.1. The van der Waals surface area contributed by atoms with Gasteiger partial charge in [-0.2, -0.15) is 5.10 Å². The average molecular weight is 433 g/mol. The van der Waals surface area contributed by atoms with Gasteiger partial charge >= 0.3 is 0 Å². The van der Waals surface area contributed by atoms with Gasteiger partial charge in [0.1, 0.15) is 23.7 Å². The summed E-state index contributed by atoms with van der Waals surface area (Å²) in [6.07, 6.45) is 4.94. The Morgan fingerprint density at radius 1 is 1.13 bits per heavy atom. The first-order valence-corrected chi connectivity index (χ1v) is 10.9. The molecule has 1 amide bonds. The van der Waals surface area contributed by atoms with Gasteiger partial charge in [-0.05, 0) is 37.2 Å². The van der Waals surface area contributed by atoms with Gasteiger partial charge in [0.2, 0.25) is 5.91 Å². The third-order valence-corrected chi connectivity index (χ3v) is 6.09. The van der Waals surface area contributed by atoms with Crippen LogP contribution < -0.4 is 5.32 Å². The third-order valence-electron chi connectivity index (χ3n) is 5.25. The van der Waals surface area contributed by atoms with Crippen molar-refractivity contribution < 1.29 is 4.79 Å². The van der Waals surface area contributed by atoms with Crippen molar-refractivity contribution in [1.82, 2.24) is 30.0 Å². The number of hydrogen-bond acceptors (Lipinski definition) is 6. The molecule has 0 saturated carbocycles. The SMILES string of the molecule is CC(c1ccc(-n2cncn2)cc1)N(C)CC(=O)NC(c1ccccc1)c1nccs1. The number of carbonyl (C=O) groups is 1. The molecule has 2 aromatic heterocycles. The van der Waals surface area contributed by atoms with Crippen LogP contribution in [0.1, 0.15) is 35.1 Å². The molecule has 8 heteroatoms. The number of thiazole rings is 1. The third kappa shape index (κ3) is 5.04. The zero-order valence-electron chi connectivity index (χ0n) is 17.4. The zero-order chi connectivity index (χ0) is 21.6. The van der Waals surface area contributed by atoms with Crippen LogP contribution in [0, 0.1) is 0 Å². The number of aromatic nitrogens is 4. The van der Waals surface area contributed by atoms with E-state index in [1.807, 2.05) is 59.8 Å². The number of carbonyl (C=O) groups excluding carboxylic acids is 1. The summed E-state index contributed by atoms with van der Waals surface area (Å²) < 4.78 is 1.72. The van der Waals surface area contributed by atoms with Gasteiger partial charge in [-0.1, -0.05) is 42.5 Å². The van der Waals surface area contributed by atoms with Crippen molar-refractivity contribution in [3.63, 3.8) is 0 Å². The molecular formula is C23H24N6OS. The van der Waals surface area contributed by atoms with E-state index in [4.69, 9.17) is 0 Å². The monoisotopic (exact) mass is 432 g/mol. The summed E-state index contributed by atoms with van der Waals surface area (Å²) in [6, 6.07) is 17.9. The van der Waals surface area contributed by atoms with Crippen LogP contribution in [0.2, 0.25) is 0 Å². The number of hydrogen-bond donors (Lipinski definition) is 1. The van der Waals surface area contributed by atoms with Crippen LogP contribution >= 0.6 is 11.3 Å². The Morgan fingerprint density at radius 2 is 1.90 bits per heavy atom. The van der Waals surface area contributed by atoms with E-state index in [-0.39, 0.29) is 24.5 Å². The van der Waals surface area contributed by atoms with Crippen molar-refractivity contribution >= 4 is 17.2 Å². The molecule has 0 aliphatic rings. The van der Waals surface area contributed by atoms with Gasteiger partial charge in [-0.25, -0.2) is 14.6 Å². The normalized spacial score (nSPS) is 13.1. The smallest absolute Gasteiger partial charge is 0.235 e. The molecule has 2 heterocycles. The number of likely N-dealkylation sites (N-methyl/N-ethyl adjacent to an activating group) is 1. The quantitative estimate of drug-likeness (QED) is 0.460. The molecule has 31 heavy (non-hydrogen) atoms. The Kier molecular flexibility index (Phi) is 6.49. The second kappa shape index (κ2) is 9.63. The molecule has 2 unspecified atom stereocenters. The molecule has 0 spiro atoms. The Hall–Kier alpha value is -3.36. The topological polar surface area (TPSA) is 75.9 Å². The molecule has 4 rings (SSSR count). The lowest BCUT2D eigenvalue weighted by Crippen LogP contribution is -2.38. The Balaban J connectivity index is 1.41. The Bertz CT molecular complexity index is 1080. The number of nitrogens with one attached hydrogen (secondary N) is 1. The highest BCUT2D eigenvalue weighted by Gasteiger charge is 2.21. The lowest BCUT2D eigenvalue weighted by Gasteiger charge is -2.26. The maximum atomic E-state index is 12.9. The highest BCUT2D eigenvalue weighted by atomic mass is 32.1. The summed E-state index contributed by atoms with van der Waals surface area (Å²) in [7, 11) is 1.95. The summed E-state index contributed by atoms with van der Waals surface area (Å²) >= 11 is 1.54. The number of rotatable bonds is 8. The van der Waals surface area contributed by atoms with Crippen LogP contribution in [0.4, 0.5) is 0 Å². The lowest BCUT2D eigenvalue weighted by atomic mass is 10.1. The summed E-state index contributed by atoms with van der Waals surface area (Å²) in [5.41, 5.74) is 3.09. The van der Waals surface area contributed by atoms with Gasteiger partial charge in [0.05, 0.1) is 12.2 Å². The van der Waals surface area contributed by atoms with Crippen LogP contribution in [0.5, 0.6) is 0 Å². The van der Waals surface area contributed by atoms with Crippen molar-refractivity contribution in [3.05, 3.63) is 95.0 Å². The molecule has 1 N–H and O–H groups in total. The number of nitrogens with zero attached hydrogens (tertiary/aromatic N) is 5. The minimum absolute atomic E-state index is 0.0439. The maximum absolute atomic E-state index is 12.9. The molecule has 0 radical (unpaired) electrons. The molecule has 0 saturated heterocycles. The molecule has 0 aliphatic heterocycles. The highest BCUT2D eigenvalue weighted by molar-refractivity contribution is 7.09. The molecule has 158 valence electrons. The molecule has 0 bridgehead atoms. The maximum Gasteiger partial charge on any atom is 0.235 e. The Morgan fingerprint density at radius 3 is 2.55 bits per heavy atom. The molecule has 0 aliphatic carbocycles. The summed E-state index contributed by atoms with van der Waals surface area (Å²) in [4.78, 5) is 23.3. The van der Waals surface area contributed by atoms with Crippen LogP contribution in [0.25, 0.3) is 5.69 Å². The second-order valence-corrected chi connectivity index (χ2v) is 8.23. The molecule has 0 fully saturated rings. The van der Waals surface area contributed by atoms with Crippen LogP contribution in [0.15, 0.2) is 78.8 Å². The van der Waals surface area contributed by atoms with E-state index in [2.05, 4.69) is 39.4 Å². The summed E-state index contributed by atoms with van der Waals surface area (Å²) in [5.74, 6) is -0.0439. The van der Waals surface area contributed by atoms with Gasteiger partial charge in [0, 0.05) is 17.6 Å². The van der Waals surface area contributed by atoms with E-state index in [0.717, 1.165) is 21.8 Å². The van der Waals surface area contributed by atoms with Gasteiger partial charge in [0.15, 0.2) is 0 Å². The molecule has 2 aromatic carbocycles. The van der Waals surface area contributed by atoms with E-state index in [9.17, 15) is 4.79 Å². The second-order valence-electron chi connectivity index (χ2n) is 7.30. The fourth-order valence-corrected chi connectivity index (χ4v) is 4.10. The average Bonchev–Trinajstić information content (AvgIpc) is 3.52. The van der Waals surface area contributed by atoms with E-state index >= 15 is 0 Å². The molecule has 4 aromatic rings. The number of benzene rings is 2. The predicted octanol–water partition coefficient (Wildman–Crippen LogP) is 3.62. The van der Waals surface area contributed by atoms with Crippen molar-refractivity contribution in [2.45, 2.75) is 19.0 Å². The lowest BCUT2D eigenvalue weighted by molar-refractivity contribution is -0.122. The first kappa shape index (κ1) is 20.9. The highest BCUT2D eigenvalue weighted by Crippen LogP contribution is 2.24. The van der Waals surface area contributed by atoms with E-state index < -0.39 is 0 Å². The van der Waals surface area contributed by atoms with Gasteiger partial charge in [0.25, 0.3) is 0 Å². The fourth-order valence-electron chi connectivity index (χ4n) is 3.38. The minimum Gasteiger partial charge on any atom is -0.342 e. The van der Waals surface area contributed by atoms with Crippen LogP contribution in [-0.2, 0) is 4.79 Å². The fraction of sp³-hybridized carbons (Fsp3) is 0.217. The largest absolute Gasteiger partial charge is 0.342 e. The minimum atomic E-state index is -0.251. The van der Waals surface area contributed by atoms with Crippen molar-refractivity contribution in [2.24, 2.45) is 0 Å². The van der Waals surface area contributed by atoms with E-state index in [1.165, 1.54) is 17.7 Å². The predicted molar refractivity (Wildman–Crippen MR) is 121 cm³/mol. The molecular weight excluding hydrogens is 408 g/mol. The molecule has 2 atom stereocenters. The van der Waals surface area contributed by atoms with Crippen molar-refractivity contribution in [3.8, 4) is 5.69 Å². The Labute approximate surface area is 185 Å². The van der Waals surface area contributed by atoms with Crippen LogP contribution in [0.3, 0.4) is 0 Å². The summed E-state index contributed by atoms with van der Waals surface area (Å²) in [6.45, 7) is 2.37. The first-order valence-electron chi connectivity index (χ1n) is 10.0. The van der Waals surface area contributed by atoms with Gasteiger partial charge in [-0.15, -0.1) is 11.3 Å². The molecule has 7 nitrogen and oxygen atoms in total. The van der Waals surface area contributed by atoms with E-state index in [0.29, 0.717) is 0 Å². The first-order chi connectivity index (χ1) is 15.1. The standard InChI is InChI=1S/C23H24N6OS/c1-17(18-8-10-20(11-9-18)29-16-24-15-26-29)28(2)14-21(30)27-22(23-25-12-13-31-23)19-6-4-3-5-7-19/h3-13,15-17,22H,14H2,1-2H3,(H,27,30). The van der Waals surface area contributed by atoms with Crippen LogP contribution in [-0.4, -0.2) is 44.1 Å². The zero-order valence-corrected chi connectivity index (χ0v) is 18.2. The van der Waals surface area contributed by atoms with Gasteiger partial charge < -0.3 is 5.32 Å². The van der Waals surface area contributed by atoms with E-state index in [1.54, 1.807) is 17.2 Å². The van der Waals surface area contributed by atoms with Crippen molar-refractivity contribution in [2.75, 3.05) is 13.6 Å².